The maximum absolute atomic E-state index is 11.6. The monoisotopic (exact) mass is 1290 g/mol. The van der Waals surface area contributed by atoms with Gasteiger partial charge in [-0.05, 0) is 173 Å². The number of phenolic OH excluding ortho intramolecular Hbond substituents is 3. The van der Waals surface area contributed by atoms with Crippen molar-refractivity contribution in [3.8, 4) is 28.7 Å². The first-order valence-corrected chi connectivity index (χ1v) is 30.9. The standard InChI is InChI=1S/C15H15NO2.C15H13NO.2C15H14O2.C12H10O2.C11H8O3/c1-3-6-13-12-8-5-4-7-11(12)9-14(15(13)17)10(2)16-18;1-3-6-13-12-8-5-4-7-11(12)9-14-10(2)16-17-15(13)14;1-3-8-17-15-10-13-7-5-4-6-12(13)9-14(15)11(2)16;1-3-6-13-12-8-5-4-7-11(12)9-14(10(2)16)15(13)17;1-8(13)11-6-9-4-2-3-5-10(9)7-12(11)14;12-10-6-8-4-2-1-3-7(8)5-9(10)11(13)14/h3-5,7-9,17-18H,1,6H2,2H3;3-5,7-9H,1,6H2,2H3;3-7,9-10H,1,8H2,2H3;3-5,7-9,17H,1,6H2,2H3;2-7,14H,1H3;1-6,12H,(H,13,14)/b16-10+;;;;;. The first-order chi connectivity index (χ1) is 46.7. The fourth-order valence-corrected chi connectivity index (χ4v) is 11.1. The predicted molar refractivity (Wildman–Crippen MR) is 391 cm³/mol. The van der Waals surface area contributed by atoms with Crippen molar-refractivity contribution in [2.24, 2.45) is 5.16 Å². The van der Waals surface area contributed by atoms with E-state index in [1.54, 1.807) is 56.3 Å². The van der Waals surface area contributed by atoms with Crippen LogP contribution in [0.3, 0.4) is 0 Å². The predicted octanol–water partition coefficient (Wildman–Crippen LogP) is 19.6. The number of benzene rings is 12. The summed E-state index contributed by atoms with van der Waals surface area (Å²) < 4.78 is 11.0. The second-order valence-corrected chi connectivity index (χ2v) is 22.5. The van der Waals surface area contributed by atoms with Gasteiger partial charge in [0, 0.05) is 27.6 Å². The fourth-order valence-electron chi connectivity index (χ4n) is 11.1. The molecule has 0 amide bonds. The van der Waals surface area contributed by atoms with Gasteiger partial charge in [0.25, 0.3) is 0 Å². The van der Waals surface area contributed by atoms with Gasteiger partial charge in [-0.25, -0.2) is 4.79 Å². The van der Waals surface area contributed by atoms with Gasteiger partial charge in [0.1, 0.15) is 40.9 Å². The van der Waals surface area contributed by atoms with E-state index in [-0.39, 0.29) is 45.9 Å². The average Bonchev–Trinajstić information content (AvgIpc) is 1.78. The number of carbonyl (C=O) groups is 4. The number of hydrogen-bond acceptors (Lipinski definition) is 13. The first kappa shape index (κ1) is 70.4. The minimum Gasteiger partial charge on any atom is -0.507 e. The third kappa shape index (κ3) is 16.9. The molecule has 0 saturated heterocycles. The van der Waals surface area contributed by atoms with Crippen molar-refractivity contribution in [2.45, 2.75) is 53.9 Å². The minimum atomic E-state index is -1.12. The quantitative estimate of drug-likeness (QED) is 0.0196. The molecule has 12 aromatic carbocycles. The van der Waals surface area contributed by atoms with Gasteiger partial charge in [-0.15, -0.1) is 19.7 Å². The van der Waals surface area contributed by atoms with Crippen molar-refractivity contribution in [2.75, 3.05) is 6.61 Å². The number of aromatic hydroxyl groups is 4. The Morgan fingerprint density at radius 3 is 1.22 bits per heavy atom. The molecule has 13 aromatic rings. The summed E-state index contributed by atoms with van der Waals surface area (Å²) >= 11 is 0. The number of fused-ring (bicyclic) bond motifs is 7. The highest BCUT2D eigenvalue weighted by molar-refractivity contribution is 6.07. The zero-order chi connectivity index (χ0) is 69.9. The summed E-state index contributed by atoms with van der Waals surface area (Å²) in [5, 5.41) is 77.3. The fraction of sp³-hybridized carbons (Fsp3) is 0.108. The van der Waals surface area contributed by atoms with Gasteiger partial charge < -0.3 is 40.0 Å². The van der Waals surface area contributed by atoms with Crippen LogP contribution >= 0.6 is 0 Å². The van der Waals surface area contributed by atoms with Crippen molar-refractivity contribution >= 4 is 105 Å². The summed E-state index contributed by atoms with van der Waals surface area (Å²) in [6, 6.07) is 62.4. The lowest BCUT2D eigenvalue weighted by Gasteiger charge is -2.12. The van der Waals surface area contributed by atoms with Crippen LogP contribution in [0.5, 0.6) is 28.7 Å². The molecule has 0 aliphatic heterocycles. The number of aromatic carboxylic acids is 1. The Balaban J connectivity index is 0.000000149. The molecule has 13 rings (SSSR count). The highest BCUT2D eigenvalue weighted by Crippen LogP contribution is 2.36. The normalized spacial score (nSPS) is 10.7. The maximum Gasteiger partial charge on any atom is 0.339 e. The number of carboxylic acid groups (broad SMARTS) is 1. The molecular weight excluding hydrogens is 1220 g/mol. The number of nitrogens with zero attached hydrogens (tertiary/aromatic N) is 2. The third-order valence-electron chi connectivity index (χ3n) is 15.9. The summed E-state index contributed by atoms with van der Waals surface area (Å²) in [4.78, 5) is 44.9. The molecule has 0 unspecified atom stereocenters. The molecule has 0 fully saturated rings. The van der Waals surface area contributed by atoms with E-state index in [2.05, 4.69) is 60.9 Å². The molecule has 0 atom stereocenters. The number of phenols is 4. The molecule has 0 aliphatic carbocycles. The van der Waals surface area contributed by atoms with Crippen LogP contribution in [-0.2, 0) is 19.3 Å². The molecule has 0 bridgehead atoms. The first-order valence-electron chi connectivity index (χ1n) is 30.9. The van der Waals surface area contributed by atoms with Crippen molar-refractivity contribution in [1.82, 2.24) is 5.16 Å². The van der Waals surface area contributed by atoms with Crippen LogP contribution < -0.4 is 4.74 Å². The minimum absolute atomic E-state index is 0.00909. The van der Waals surface area contributed by atoms with Crippen molar-refractivity contribution in [3.05, 3.63) is 301 Å². The van der Waals surface area contributed by atoms with E-state index in [9.17, 15) is 39.6 Å². The van der Waals surface area contributed by atoms with E-state index < -0.39 is 5.97 Å². The van der Waals surface area contributed by atoms with Gasteiger partial charge in [-0.2, -0.15) is 0 Å². The molecule has 0 saturated carbocycles. The Kier molecular flexibility index (Phi) is 23.9. The summed E-state index contributed by atoms with van der Waals surface area (Å²) in [5.74, 6) is -0.640. The number of carboxylic acids is 1. The maximum atomic E-state index is 11.6. The van der Waals surface area contributed by atoms with Crippen molar-refractivity contribution in [1.29, 1.82) is 0 Å². The number of allylic oxidation sites excluding steroid dienone is 3. The summed E-state index contributed by atoms with van der Waals surface area (Å²) in [7, 11) is 0. The van der Waals surface area contributed by atoms with Crippen LogP contribution in [0.2, 0.25) is 0 Å². The molecule has 488 valence electrons. The SMILES string of the molecule is C=CCOc1cc2ccccc2cc1C(C)=O.C=CCc1c(O)c(/C(C)=N/O)cc2ccccc12.C=CCc1c(O)c(C(C)=O)cc2ccccc12.C=CCc1c2ccccc2cc2c(C)noc12.CC(=O)c1cc2ccccc2cc1O.O=C(O)c1cc2ccccc2cc1O. The number of aryl methyl sites for hydroxylation is 1. The molecular formula is C83H74N2O12. The summed E-state index contributed by atoms with van der Waals surface area (Å²) in [6.45, 7) is 23.3. The van der Waals surface area contributed by atoms with Crippen molar-refractivity contribution in [3.63, 3.8) is 0 Å². The van der Waals surface area contributed by atoms with Gasteiger partial charge in [0.05, 0.1) is 28.1 Å². The van der Waals surface area contributed by atoms with Crippen LogP contribution in [0.25, 0.3) is 75.6 Å². The van der Waals surface area contributed by atoms with E-state index >= 15 is 0 Å². The van der Waals surface area contributed by atoms with Crippen molar-refractivity contribution < 1.29 is 59.2 Å². The van der Waals surface area contributed by atoms with Gasteiger partial charge in [-0.3, -0.25) is 14.4 Å². The molecule has 0 radical (unpaired) electrons. The molecule has 97 heavy (non-hydrogen) atoms. The van der Waals surface area contributed by atoms with E-state index in [0.717, 1.165) is 88.1 Å². The van der Waals surface area contributed by atoms with E-state index in [1.165, 1.54) is 42.3 Å². The zero-order valence-electron chi connectivity index (χ0n) is 54.5. The number of ketones is 3. The lowest BCUT2D eigenvalue weighted by atomic mass is 9.95. The summed E-state index contributed by atoms with van der Waals surface area (Å²) in [5.41, 5.74) is 6.82. The number of ether oxygens (including phenoxy) is 1. The zero-order valence-corrected chi connectivity index (χ0v) is 54.5. The number of carbonyl (C=O) groups excluding carboxylic acids is 3. The largest absolute Gasteiger partial charge is 0.507 e. The lowest BCUT2D eigenvalue weighted by Crippen LogP contribution is -2.01. The molecule has 1 aromatic heterocycles. The van der Waals surface area contributed by atoms with Crippen LogP contribution in [-0.4, -0.2) is 71.5 Å². The van der Waals surface area contributed by atoms with Gasteiger partial charge in [0.2, 0.25) is 0 Å². The second-order valence-electron chi connectivity index (χ2n) is 22.5. The van der Waals surface area contributed by atoms with E-state index in [1.807, 2.05) is 153 Å². The Labute approximate surface area is 561 Å². The Hall–Kier alpha value is -12.4. The number of Topliss-reactive ketones (excluding diaryl/α,β-unsaturated/α-hetero) is 3. The Morgan fingerprint density at radius 2 is 0.784 bits per heavy atom. The Bertz CT molecular complexity index is 5080. The molecule has 14 nitrogen and oxygen atoms in total. The molecule has 0 spiro atoms. The third-order valence-corrected chi connectivity index (χ3v) is 15.9. The number of rotatable bonds is 14. The lowest BCUT2D eigenvalue weighted by molar-refractivity contribution is 0.0693. The molecule has 1 heterocycles. The van der Waals surface area contributed by atoms with Gasteiger partial charge in [0.15, 0.2) is 22.9 Å². The summed E-state index contributed by atoms with van der Waals surface area (Å²) in [6.07, 6.45) is 8.96. The second kappa shape index (κ2) is 32.9. The molecule has 0 aliphatic rings. The molecule has 14 heteroatoms. The van der Waals surface area contributed by atoms with Gasteiger partial charge >= 0.3 is 5.97 Å². The number of hydrogen-bond donors (Lipinski definition) is 6. The highest BCUT2D eigenvalue weighted by atomic mass is 16.5. The number of aromatic nitrogens is 1. The highest BCUT2D eigenvalue weighted by Gasteiger charge is 2.18. The molecule has 6 N–H and O–H groups in total. The van der Waals surface area contributed by atoms with E-state index in [0.29, 0.717) is 53.2 Å². The smallest absolute Gasteiger partial charge is 0.339 e. The average molecular weight is 1290 g/mol. The van der Waals surface area contributed by atoms with Crippen LogP contribution in [0, 0.1) is 6.92 Å². The Morgan fingerprint density at radius 1 is 0.433 bits per heavy atom. The topological polar surface area (TPSA) is 237 Å². The number of oxime groups is 1. The van der Waals surface area contributed by atoms with Crippen LogP contribution in [0.1, 0.15) is 97.1 Å². The van der Waals surface area contributed by atoms with E-state index in [4.69, 9.17) is 19.6 Å². The van der Waals surface area contributed by atoms with Gasteiger partial charge in [-0.1, -0.05) is 187 Å². The van der Waals surface area contributed by atoms with Crippen LogP contribution in [0.15, 0.2) is 260 Å². The van der Waals surface area contributed by atoms with Crippen LogP contribution in [0.4, 0.5) is 0 Å².